The molecule has 4 aromatic carbocycles. The first-order valence-electron chi connectivity index (χ1n) is 12.4. The van der Waals surface area contributed by atoms with Crippen molar-refractivity contribution in [1.82, 2.24) is 19.5 Å². The van der Waals surface area contributed by atoms with Gasteiger partial charge in [-0.1, -0.05) is 72.8 Å². The Hall–Kier alpha value is -5.09. The third-order valence-electron chi connectivity index (χ3n) is 7.21. The molecule has 0 aliphatic heterocycles. The highest BCUT2D eigenvalue weighted by molar-refractivity contribution is 6.31. The second-order valence-electron chi connectivity index (χ2n) is 9.29. The number of benzene rings is 4. The second kappa shape index (κ2) is 7.70. The molecule has 8 aromatic rings. The van der Waals surface area contributed by atoms with E-state index in [0.717, 1.165) is 55.4 Å². The fourth-order valence-electron chi connectivity index (χ4n) is 5.62. The molecule has 37 heavy (non-hydrogen) atoms. The van der Waals surface area contributed by atoms with Crippen LogP contribution in [-0.2, 0) is 0 Å². The zero-order chi connectivity index (χ0) is 24.3. The summed E-state index contributed by atoms with van der Waals surface area (Å²) in [5, 5.41) is 7.03. The average molecular weight is 473 g/mol. The van der Waals surface area contributed by atoms with Gasteiger partial charge in [0.25, 0.3) is 0 Å². The van der Waals surface area contributed by atoms with Crippen molar-refractivity contribution >= 4 is 54.4 Å². The van der Waals surface area contributed by atoms with Gasteiger partial charge in [0.05, 0.1) is 33.5 Å². The largest absolute Gasteiger partial charge is 0.293 e. The smallest absolute Gasteiger partial charge is 0.138 e. The molecule has 0 aliphatic carbocycles. The van der Waals surface area contributed by atoms with Crippen LogP contribution in [0.2, 0.25) is 0 Å². The lowest BCUT2D eigenvalue weighted by Gasteiger charge is -2.12. The zero-order valence-corrected chi connectivity index (χ0v) is 19.8. The molecule has 4 heteroatoms. The highest BCUT2D eigenvalue weighted by Crippen LogP contribution is 2.41. The Morgan fingerprint density at radius 3 is 2.22 bits per heavy atom. The van der Waals surface area contributed by atoms with Crippen molar-refractivity contribution in [1.29, 1.82) is 0 Å². The lowest BCUT2D eigenvalue weighted by Crippen LogP contribution is -2.00. The summed E-state index contributed by atoms with van der Waals surface area (Å²) in [4.78, 5) is 14.9. The molecule has 4 nitrogen and oxygen atoms in total. The average Bonchev–Trinajstić information content (AvgIpc) is 3.33. The molecule has 0 spiro atoms. The summed E-state index contributed by atoms with van der Waals surface area (Å²) in [6.07, 6.45) is 1.87. The summed E-state index contributed by atoms with van der Waals surface area (Å²) in [5.41, 5.74) is 5.92. The van der Waals surface area contributed by atoms with Gasteiger partial charge in [0, 0.05) is 33.1 Å². The summed E-state index contributed by atoms with van der Waals surface area (Å²) in [6.45, 7) is 0. The van der Waals surface area contributed by atoms with Gasteiger partial charge in [0.1, 0.15) is 5.82 Å². The molecule has 4 heterocycles. The molecule has 8 rings (SSSR count). The van der Waals surface area contributed by atoms with Crippen LogP contribution in [0.15, 0.2) is 121 Å². The third kappa shape index (κ3) is 2.93. The first kappa shape index (κ1) is 20.1. The van der Waals surface area contributed by atoms with Crippen molar-refractivity contribution in [3.05, 3.63) is 121 Å². The Morgan fingerprint density at radius 1 is 0.514 bits per heavy atom. The number of hydrogen-bond donors (Lipinski definition) is 0. The summed E-state index contributed by atoms with van der Waals surface area (Å²) in [7, 11) is 0. The summed E-state index contributed by atoms with van der Waals surface area (Å²) in [5.74, 6) is 0.860. The predicted octanol–water partition coefficient (Wildman–Crippen LogP) is 8.10. The molecule has 0 bridgehead atoms. The molecule has 0 radical (unpaired) electrons. The van der Waals surface area contributed by atoms with Crippen molar-refractivity contribution in [3.63, 3.8) is 0 Å². The Kier molecular flexibility index (Phi) is 4.19. The van der Waals surface area contributed by atoms with E-state index in [1.165, 1.54) is 16.2 Å². The van der Waals surface area contributed by atoms with Crippen molar-refractivity contribution in [2.45, 2.75) is 0 Å². The molecule has 0 N–H and O–H groups in total. The number of fused-ring (bicyclic) bond motifs is 9. The van der Waals surface area contributed by atoms with Gasteiger partial charge in [0.15, 0.2) is 0 Å². The van der Waals surface area contributed by atoms with Gasteiger partial charge >= 0.3 is 0 Å². The van der Waals surface area contributed by atoms with E-state index in [1.807, 2.05) is 42.6 Å². The number of aromatic nitrogens is 4. The quantitative estimate of drug-likeness (QED) is 0.239. The summed E-state index contributed by atoms with van der Waals surface area (Å²) >= 11 is 0. The molecule has 0 unspecified atom stereocenters. The van der Waals surface area contributed by atoms with Gasteiger partial charge in [-0.2, -0.15) is 0 Å². The van der Waals surface area contributed by atoms with Crippen molar-refractivity contribution in [2.24, 2.45) is 0 Å². The summed E-state index contributed by atoms with van der Waals surface area (Å²) in [6, 6.07) is 39.8. The van der Waals surface area contributed by atoms with E-state index in [9.17, 15) is 0 Å². The maximum atomic E-state index is 5.16. The van der Waals surface area contributed by atoms with Gasteiger partial charge in [0.2, 0.25) is 0 Å². The zero-order valence-electron chi connectivity index (χ0n) is 19.8. The van der Waals surface area contributed by atoms with Crippen LogP contribution in [-0.4, -0.2) is 19.5 Å². The molecular formula is C33H20N4. The van der Waals surface area contributed by atoms with Crippen LogP contribution < -0.4 is 0 Å². The van der Waals surface area contributed by atoms with Crippen molar-refractivity contribution < 1.29 is 0 Å². The van der Waals surface area contributed by atoms with Gasteiger partial charge in [-0.05, 0) is 47.9 Å². The van der Waals surface area contributed by atoms with Crippen LogP contribution >= 0.6 is 0 Å². The first-order valence-corrected chi connectivity index (χ1v) is 12.4. The van der Waals surface area contributed by atoms with E-state index in [4.69, 9.17) is 15.0 Å². The lowest BCUT2D eigenvalue weighted by molar-refractivity contribution is 1.08. The van der Waals surface area contributed by atoms with E-state index in [0.29, 0.717) is 0 Å². The third-order valence-corrected chi connectivity index (χ3v) is 7.21. The van der Waals surface area contributed by atoms with Gasteiger partial charge in [-0.25, -0.2) is 9.97 Å². The van der Waals surface area contributed by atoms with Crippen LogP contribution in [0.3, 0.4) is 0 Å². The Morgan fingerprint density at radius 2 is 1.27 bits per heavy atom. The van der Waals surface area contributed by atoms with E-state index < -0.39 is 0 Å². The van der Waals surface area contributed by atoms with Gasteiger partial charge < -0.3 is 0 Å². The standard InChI is InChI=1S/C33H20N4/c1-5-14-26-21(9-1)18-19-28(35-26)27-15-7-17-30(36-27)37-29-16-6-4-12-24(29)31-22-10-2-3-11-23(22)32-25(33(31)37)13-8-20-34-32/h1-20H. The highest BCUT2D eigenvalue weighted by Gasteiger charge is 2.19. The molecule has 0 aliphatic rings. The molecule has 0 fully saturated rings. The lowest BCUT2D eigenvalue weighted by atomic mass is 10.00. The Labute approximate surface area is 212 Å². The normalized spacial score (nSPS) is 11.8. The number of nitrogens with zero attached hydrogens (tertiary/aromatic N) is 4. The molecule has 0 saturated heterocycles. The minimum Gasteiger partial charge on any atom is -0.293 e. The topological polar surface area (TPSA) is 43.6 Å². The van der Waals surface area contributed by atoms with Crippen LogP contribution in [0.1, 0.15) is 0 Å². The number of para-hydroxylation sites is 2. The molecular weight excluding hydrogens is 452 g/mol. The monoisotopic (exact) mass is 472 g/mol. The van der Waals surface area contributed by atoms with E-state index in [1.54, 1.807) is 0 Å². The van der Waals surface area contributed by atoms with E-state index >= 15 is 0 Å². The van der Waals surface area contributed by atoms with Crippen molar-refractivity contribution in [2.75, 3.05) is 0 Å². The predicted molar refractivity (Wildman–Crippen MR) is 152 cm³/mol. The number of hydrogen-bond acceptors (Lipinski definition) is 3. The maximum absolute atomic E-state index is 5.16. The van der Waals surface area contributed by atoms with Crippen molar-refractivity contribution in [3.8, 4) is 17.2 Å². The molecule has 172 valence electrons. The SMILES string of the molecule is c1cc(-c2ccc3ccccc3n2)nc(-n2c3ccccc3c3c4ccccc4c4ncccc4c32)c1. The molecule has 0 saturated carbocycles. The van der Waals surface area contributed by atoms with Gasteiger partial charge in [-0.15, -0.1) is 0 Å². The Bertz CT molecular complexity index is 2160. The minimum absolute atomic E-state index is 0.845. The van der Waals surface area contributed by atoms with Crippen LogP contribution in [0.5, 0.6) is 0 Å². The van der Waals surface area contributed by atoms with E-state index in [-0.39, 0.29) is 0 Å². The number of rotatable bonds is 2. The fourth-order valence-corrected chi connectivity index (χ4v) is 5.62. The van der Waals surface area contributed by atoms with Crippen LogP contribution in [0, 0.1) is 0 Å². The minimum atomic E-state index is 0.845. The maximum Gasteiger partial charge on any atom is 0.138 e. The number of pyridine rings is 3. The Balaban J connectivity index is 1.49. The first-order chi connectivity index (χ1) is 18.4. The second-order valence-corrected chi connectivity index (χ2v) is 9.29. The van der Waals surface area contributed by atoms with Crippen LogP contribution in [0.25, 0.3) is 71.6 Å². The van der Waals surface area contributed by atoms with Gasteiger partial charge in [-0.3, -0.25) is 9.55 Å². The highest BCUT2D eigenvalue weighted by atomic mass is 15.1. The molecule has 4 aromatic heterocycles. The molecule has 0 atom stereocenters. The van der Waals surface area contributed by atoms with Crippen LogP contribution in [0.4, 0.5) is 0 Å². The van der Waals surface area contributed by atoms with E-state index in [2.05, 4.69) is 83.4 Å². The fraction of sp³-hybridized carbons (Fsp3) is 0. The molecule has 0 amide bonds. The summed E-state index contributed by atoms with van der Waals surface area (Å²) < 4.78 is 2.28.